The Morgan fingerprint density at radius 3 is 2.15 bits per heavy atom. The number of hydrogen-bond donors (Lipinski definition) is 4. The summed E-state index contributed by atoms with van der Waals surface area (Å²) in [6, 6.07) is 2.13. The maximum atomic E-state index is 13.4. The Morgan fingerprint density at radius 1 is 1.09 bits per heavy atom. The number of nitrogens with zero attached hydrogens (tertiary/aromatic N) is 1. The second kappa shape index (κ2) is 10.9. The predicted octanol–water partition coefficient (Wildman–Crippen LogP) is 3.77. The smallest absolute Gasteiger partial charge is 0.331 e. The molecule has 184 valence electrons. The number of anilines is 1. The third kappa shape index (κ3) is 7.92. The number of alkyl halides is 3. The predicted molar refractivity (Wildman–Crippen MR) is 115 cm³/mol. The van der Waals surface area contributed by atoms with Crippen LogP contribution in [-0.4, -0.2) is 47.1 Å². The van der Waals surface area contributed by atoms with Crippen LogP contribution in [-0.2, 0) is 15.8 Å². The normalized spacial score (nSPS) is 15.6. The van der Waals surface area contributed by atoms with Gasteiger partial charge in [-0.05, 0) is 48.4 Å². The molecule has 1 atom stereocenters. The summed E-state index contributed by atoms with van der Waals surface area (Å²) in [4.78, 5) is 39.1. The summed E-state index contributed by atoms with van der Waals surface area (Å²) in [5.41, 5.74) is 0.0724. The molecule has 4 N–H and O–H groups in total. The number of amides is 4. The molecule has 2 rings (SSSR count). The van der Waals surface area contributed by atoms with E-state index in [1.165, 1.54) is 10.4 Å². The molecule has 4 amide bonds. The van der Waals surface area contributed by atoms with Gasteiger partial charge in [-0.1, -0.05) is 33.6 Å². The average molecular weight is 473 g/mol. The van der Waals surface area contributed by atoms with Crippen molar-refractivity contribution in [1.82, 2.24) is 15.7 Å². The third-order valence-corrected chi connectivity index (χ3v) is 5.58. The van der Waals surface area contributed by atoms with Crippen LogP contribution in [0.1, 0.15) is 52.0 Å². The molecule has 0 unspecified atom stereocenters. The summed E-state index contributed by atoms with van der Waals surface area (Å²) in [5.74, 6) is -1.01. The van der Waals surface area contributed by atoms with Crippen LogP contribution < -0.4 is 16.1 Å². The molecule has 1 aromatic carbocycles. The molecule has 0 aliphatic heterocycles. The maximum absolute atomic E-state index is 13.4. The van der Waals surface area contributed by atoms with Crippen molar-refractivity contribution in [3.63, 3.8) is 0 Å². The first-order chi connectivity index (χ1) is 15.3. The number of hydroxylamine groups is 1. The van der Waals surface area contributed by atoms with Crippen LogP contribution in [0.15, 0.2) is 24.3 Å². The van der Waals surface area contributed by atoms with Crippen molar-refractivity contribution in [3.8, 4) is 0 Å². The molecule has 8 nitrogen and oxygen atoms in total. The molecule has 1 fully saturated rings. The molecule has 0 heterocycles. The van der Waals surface area contributed by atoms with Gasteiger partial charge in [-0.2, -0.15) is 13.2 Å². The van der Waals surface area contributed by atoms with Gasteiger partial charge in [0.2, 0.25) is 5.91 Å². The fourth-order valence-corrected chi connectivity index (χ4v) is 3.82. The SMILES string of the molecule is CC(C)(C)[C@H](NC(=O)Nc1ccc(C(F)(F)F)cc1)C(=O)N(CC(=O)NO)CC1CCCC1. The second-order valence-corrected chi connectivity index (χ2v) is 9.38. The number of carbonyl (C=O) groups is 3. The van der Waals surface area contributed by atoms with Crippen LogP contribution in [0.5, 0.6) is 0 Å². The maximum Gasteiger partial charge on any atom is 0.416 e. The zero-order chi connectivity index (χ0) is 24.8. The van der Waals surface area contributed by atoms with E-state index in [0.717, 1.165) is 49.9 Å². The van der Waals surface area contributed by atoms with E-state index in [4.69, 9.17) is 5.21 Å². The van der Waals surface area contributed by atoms with Crippen molar-refractivity contribution in [3.05, 3.63) is 29.8 Å². The minimum absolute atomic E-state index is 0.128. The van der Waals surface area contributed by atoms with Crippen LogP contribution in [0, 0.1) is 11.3 Å². The molecule has 1 aromatic rings. The number of carbonyl (C=O) groups excluding carboxylic acids is 3. The highest BCUT2D eigenvalue weighted by molar-refractivity contribution is 5.95. The summed E-state index contributed by atoms with van der Waals surface area (Å²) in [5, 5.41) is 13.9. The monoisotopic (exact) mass is 472 g/mol. The van der Waals surface area contributed by atoms with Gasteiger partial charge in [0, 0.05) is 12.2 Å². The van der Waals surface area contributed by atoms with E-state index in [9.17, 15) is 27.6 Å². The Labute approximate surface area is 190 Å². The van der Waals surface area contributed by atoms with Crippen LogP contribution in [0.4, 0.5) is 23.7 Å². The van der Waals surface area contributed by atoms with E-state index in [-0.39, 0.29) is 18.2 Å². The standard InChI is InChI=1S/C22H31F3N4O4/c1-21(2,3)18(19(31)29(13-17(30)28-33)12-14-6-4-5-7-14)27-20(32)26-16-10-8-15(9-11-16)22(23,24)25/h8-11,14,18,33H,4-7,12-13H2,1-3H3,(H,28,30)(H2,26,27,32)/t18-/m1/s1. The minimum atomic E-state index is -4.49. The Hall–Kier alpha value is -2.82. The molecule has 0 spiro atoms. The summed E-state index contributed by atoms with van der Waals surface area (Å²) in [6.07, 6.45) is -0.571. The Kier molecular flexibility index (Phi) is 8.70. The largest absolute Gasteiger partial charge is 0.416 e. The molecule has 0 saturated heterocycles. The van der Waals surface area contributed by atoms with Crippen LogP contribution in [0.2, 0.25) is 0 Å². The summed E-state index contributed by atoms with van der Waals surface area (Å²) < 4.78 is 38.2. The van der Waals surface area contributed by atoms with Crippen molar-refractivity contribution in [2.45, 2.75) is 58.7 Å². The first-order valence-electron chi connectivity index (χ1n) is 10.8. The molecule has 1 aliphatic rings. The quantitative estimate of drug-likeness (QED) is 0.358. The lowest BCUT2D eigenvalue weighted by Crippen LogP contribution is -2.57. The van der Waals surface area contributed by atoms with Crippen LogP contribution in [0.3, 0.4) is 0 Å². The Morgan fingerprint density at radius 2 is 1.67 bits per heavy atom. The van der Waals surface area contributed by atoms with Crippen LogP contribution in [0.25, 0.3) is 0 Å². The van der Waals surface area contributed by atoms with Gasteiger partial charge < -0.3 is 15.5 Å². The molecule has 33 heavy (non-hydrogen) atoms. The van der Waals surface area contributed by atoms with Crippen molar-refractivity contribution < 1.29 is 32.8 Å². The Bertz CT molecular complexity index is 832. The van der Waals surface area contributed by atoms with Gasteiger partial charge in [-0.25, -0.2) is 10.3 Å². The van der Waals surface area contributed by atoms with Crippen molar-refractivity contribution in [1.29, 1.82) is 0 Å². The molecule has 1 saturated carbocycles. The first-order valence-corrected chi connectivity index (χ1v) is 10.8. The van der Waals surface area contributed by atoms with Crippen molar-refractivity contribution in [2.24, 2.45) is 11.3 Å². The highest BCUT2D eigenvalue weighted by Gasteiger charge is 2.37. The van der Waals surface area contributed by atoms with E-state index in [2.05, 4.69) is 10.6 Å². The first kappa shape index (κ1) is 26.4. The van der Waals surface area contributed by atoms with Gasteiger partial charge in [0.05, 0.1) is 5.56 Å². The van der Waals surface area contributed by atoms with Gasteiger partial charge >= 0.3 is 12.2 Å². The Balaban J connectivity index is 2.14. The molecule has 11 heteroatoms. The number of benzene rings is 1. The molecule has 0 aromatic heterocycles. The van der Waals surface area contributed by atoms with Gasteiger partial charge in [-0.3, -0.25) is 14.8 Å². The van der Waals surface area contributed by atoms with E-state index >= 15 is 0 Å². The lowest BCUT2D eigenvalue weighted by Gasteiger charge is -2.35. The van der Waals surface area contributed by atoms with Crippen LogP contribution >= 0.6 is 0 Å². The summed E-state index contributed by atoms with van der Waals surface area (Å²) >= 11 is 0. The number of halogens is 3. The number of hydrogen-bond acceptors (Lipinski definition) is 4. The second-order valence-electron chi connectivity index (χ2n) is 9.38. The van der Waals surface area contributed by atoms with Crippen molar-refractivity contribution >= 4 is 23.5 Å². The lowest BCUT2D eigenvalue weighted by molar-refractivity contribution is -0.142. The average Bonchev–Trinajstić information content (AvgIpc) is 3.23. The number of urea groups is 1. The van der Waals surface area contributed by atoms with Crippen molar-refractivity contribution in [2.75, 3.05) is 18.4 Å². The van der Waals surface area contributed by atoms with Gasteiger partial charge in [0.15, 0.2) is 0 Å². The molecule has 0 radical (unpaired) electrons. The number of nitrogens with one attached hydrogen (secondary N) is 3. The van der Waals surface area contributed by atoms with E-state index < -0.39 is 41.0 Å². The molecule has 0 bridgehead atoms. The summed E-state index contributed by atoms with van der Waals surface area (Å²) in [6.45, 7) is 5.19. The molecular formula is C22H31F3N4O4. The molecular weight excluding hydrogens is 441 g/mol. The third-order valence-electron chi connectivity index (χ3n) is 5.58. The number of rotatable bonds is 7. The zero-order valence-electron chi connectivity index (χ0n) is 19.0. The van der Waals surface area contributed by atoms with Gasteiger partial charge in [0.25, 0.3) is 5.91 Å². The highest BCUT2D eigenvalue weighted by atomic mass is 19.4. The topological polar surface area (TPSA) is 111 Å². The summed E-state index contributed by atoms with van der Waals surface area (Å²) in [7, 11) is 0. The van der Waals surface area contributed by atoms with Gasteiger partial charge in [0.1, 0.15) is 12.6 Å². The fraction of sp³-hybridized carbons (Fsp3) is 0.591. The molecule has 1 aliphatic carbocycles. The zero-order valence-corrected chi connectivity index (χ0v) is 19.0. The van der Waals surface area contributed by atoms with E-state index in [1.54, 1.807) is 20.8 Å². The minimum Gasteiger partial charge on any atom is -0.331 e. The fourth-order valence-electron chi connectivity index (χ4n) is 3.82. The van der Waals surface area contributed by atoms with E-state index in [1.807, 2.05) is 0 Å². The van der Waals surface area contributed by atoms with Gasteiger partial charge in [-0.15, -0.1) is 0 Å². The van der Waals surface area contributed by atoms with E-state index in [0.29, 0.717) is 6.54 Å². The highest BCUT2D eigenvalue weighted by Crippen LogP contribution is 2.30. The lowest BCUT2D eigenvalue weighted by atomic mass is 9.85.